The summed E-state index contributed by atoms with van der Waals surface area (Å²) in [6.07, 6.45) is 6.37. The SMILES string of the molecule is Br/C=C\CC1CC1. The van der Waals surface area contributed by atoms with Crippen LogP contribution in [-0.2, 0) is 0 Å². The maximum absolute atomic E-state index is 3.23. The quantitative estimate of drug-likeness (QED) is 0.584. The van der Waals surface area contributed by atoms with Gasteiger partial charge in [0.25, 0.3) is 0 Å². The second-order valence-electron chi connectivity index (χ2n) is 2.04. The maximum atomic E-state index is 3.23. The van der Waals surface area contributed by atoms with E-state index in [2.05, 4.69) is 22.0 Å². The third-order valence-electron chi connectivity index (χ3n) is 1.26. The zero-order valence-corrected chi connectivity index (χ0v) is 5.82. The number of hydrogen-bond donors (Lipinski definition) is 0. The molecule has 0 heterocycles. The van der Waals surface area contributed by atoms with Gasteiger partial charge in [0.05, 0.1) is 0 Å². The van der Waals surface area contributed by atoms with E-state index in [1.165, 1.54) is 19.3 Å². The summed E-state index contributed by atoms with van der Waals surface area (Å²) in [6, 6.07) is 0. The smallest absolute Gasteiger partial charge is 0.0229 e. The van der Waals surface area contributed by atoms with Crippen LogP contribution in [0.5, 0.6) is 0 Å². The topological polar surface area (TPSA) is 0 Å². The zero-order valence-electron chi connectivity index (χ0n) is 4.23. The van der Waals surface area contributed by atoms with Crippen molar-refractivity contribution < 1.29 is 0 Å². The molecule has 0 unspecified atom stereocenters. The molecule has 0 bridgehead atoms. The molecule has 0 saturated heterocycles. The van der Waals surface area contributed by atoms with Gasteiger partial charge in [-0.3, -0.25) is 0 Å². The molecule has 1 saturated carbocycles. The minimum Gasteiger partial charge on any atom is -0.0773 e. The van der Waals surface area contributed by atoms with Gasteiger partial charge < -0.3 is 0 Å². The molecule has 0 aromatic rings. The fourth-order valence-electron chi connectivity index (χ4n) is 0.597. The zero-order chi connectivity index (χ0) is 5.11. The third-order valence-corrected chi connectivity index (χ3v) is 1.63. The lowest BCUT2D eigenvalue weighted by molar-refractivity contribution is 0.864. The van der Waals surface area contributed by atoms with Gasteiger partial charge in [-0.05, 0) is 30.2 Å². The second kappa shape index (κ2) is 2.51. The predicted molar refractivity (Wildman–Crippen MR) is 35.4 cm³/mol. The maximum Gasteiger partial charge on any atom is -0.0229 e. The van der Waals surface area contributed by atoms with E-state index in [0.29, 0.717) is 0 Å². The second-order valence-corrected chi connectivity index (χ2v) is 2.57. The van der Waals surface area contributed by atoms with Crippen LogP contribution in [-0.4, -0.2) is 0 Å². The lowest BCUT2D eigenvalue weighted by Crippen LogP contribution is -1.64. The highest BCUT2D eigenvalue weighted by Crippen LogP contribution is 2.32. The Bertz CT molecular complexity index is 72.2. The van der Waals surface area contributed by atoms with Crippen LogP contribution >= 0.6 is 15.9 Å². The molecule has 0 aliphatic heterocycles. The van der Waals surface area contributed by atoms with Crippen LogP contribution < -0.4 is 0 Å². The van der Waals surface area contributed by atoms with Crippen molar-refractivity contribution in [1.82, 2.24) is 0 Å². The lowest BCUT2D eigenvalue weighted by atomic mass is 10.3. The Balaban J connectivity index is 1.98. The number of hydrogen-bond acceptors (Lipinski definition) is 0. The average molecular weight is 161 g/mol. The van der Waals surface area contributed by atoms with Crippen LogP contribution in [0.3, 0.4) is 0 Å². The first-order valence-corrected chi connectivity index (χ1v) is 3.60. The summed E-state index contributed by atoms with van der Waals surface area (Å²) in [4.78, 5) is 1.95. The van der Waals surface area contributed by atoms with Gasteiger partial charge in [-0.15, -0.1) is 0 Å². The van der Waals surface area contributed by atoms with Crippen molar-refractivity contribution in [2.75, 3.05) is 0 Å². The van der Waals surface area contributed by atoms with Crippen molar-refractivity contribution in [3.8, 4) is 0 Å². The Morgan fingerprint density at radius 2 is 2.29 bits per heavy atom. The van der Waals surface area contributed by atoms with E-state index in [1.807, 2.05) is 4.99 Å². The van der Waals surface area contributed by atoms with Gasteiger partial charge in [0.2, 0.25) is 0 Å². The number of allylic oxidation sites excluding steroid dienone is 1. The fourth-order valence-corrected chi connectivity index (χ4v) is 0.813. The highest BCUT2D eigenvalue weighted by molar-refractivity contribution is 9.11. The van der Waals surface area contributed by atoms with Crippen molar-refractivity contribution in [2.24, 2.45) is 5.92 Å². The van der Waals surface area contributed by atoms with Gasteiger partial charge in [0.1, 0.15) is 0 Å². The number of rotatable bonds is 2. The minimum absolute atomic E-state index is 1.04. The molecule has 1 heteroatoms. The molecule has 1 fully saturated rings. The molecule has 0 radical (unpaired) electrons. The van der Waals surface area contributed by atoms with Gasteiger partial charge in [0.15, 0.2) is 0 Å². The summed E-state index contributed by atoms with van der Waals surface area (Å²) in [7, 11) is 0. The van der Waals surface area contributed by atoms with Crippen LogP contribution in [0.25, 0.3) is 0 Å². The molecule has 1 aliphatic rings. The van der Waals surface area contributed by atoms with E-state index in [0.717, 1.165) is 5.92 Å². The van der Waals surface area contributed by atoms with Crippen molar-refractivity contribution in [2.45, 2.75) is 19.3 Å². The molecule has 0 N–H and O–H groups in total. The Morgan fingerprint density at radius 1 is 1.57 bits per heavy atom. The first-order valence-electron chi connectivity index (χ1n) is 2.68. The van der Waals surface area contributed by atoms with Crippen LogP contribution in [0, 0.1) is 5.92 Å². The highest BCUT2D eigenvalue weighted by Gasteiger charge is 2.18. The molecule has 0 aromatic heterocycles. The summed E-state index contributed by atoms with van der Waals surface area (Å²) in [5, 5.41) is 0. The van der Waals surface area contributed by atoms with Gasteiger partial charge in [0, 0.05) is 0 Å². The van der Waals surface area contributed by atoms with Crippen molar-refractivity contribution in [3.05, 3.63) is 11.1 Å². The monoisotopic (exact) mass is 160 g/mol. The first kappa shape index (κ1) is 5.36. The van der Waals surface area contributed by atoms with Crippen molar-refractivity contribution >= 4 is 15.9 Å². The van der Waals surface area contributed by atoms with Gasteiger partial charge in [-0.25, -0.2) is 0 Å². The highest BCUT2D eigenvalue weighted by atomic mass is 79.9. The Labute approximate surface area is 52.7 Å². The molecule has 0 atom stereocenters. The molecule has 0 aromatic carbocycles. The van der Waals surface area contributed by atoms with Crippen LogP contribution in [0.1, 0.15) is 19.3 Å². The van der Waals surface area contributed by atoms with E-state index in [-0.39, 0.29) is 0 Å². The van der Waals surface area contributed by atoms with E-state index in [1.54, 1.807) is 0 Å². The van der Waals surface area contributed by atoms with E-state index < -0.39 is 0 Å². The average Bonchev–Trinajstić information content (AvgIpc) is 2.42. The molecule has 0 spiro atoms. The summed E-state index contributed by atoms with van der Waals surface area (Å²) >= 11 is 3.23. The normalized spacial score (nSPS) is 21.3. The molecule has 0 amide bonds. The van der Waals surface area contributed by atoms with Crippen LogP contribution in [0.4, 0.5) is 0 Å². The Morgan fingerprint density at radius 3 is 2.71 bits per heavy atom. The standard InChI is InChI=1S/C6H9Br/c7-5-1-2-6-3-4-6/h1,5-6H,2-4H2/b5-1-. The summed E-state index contributed by atoms with van der Waals surface area (Å²) < 4.78 is 0. The predicted octanol–water partition coefficient (Wildman–Crippen LogP) is 2.70. The molecule has 40 valence electrons. The minimum atomic E-state index is 1.04. The molecule has 0 nitrogen and oxygen atoms in total. The van der Waals surface area contributed by atoms with E-state index in [9.17, 15) is 0 Å². The Kier molecular flexibility index (Phi) is 1.92. The molecular weight excluding hydrogens is 152 g/mol. The first-order chi connectivity index (χ1) is 3.43. The summed E-state index contributed by atoms with van der Waals surface area (Å²) in [5.41, 5.74) is 0. The van der Waals surface area contributed by atoms with E-state index in [4.69, 9.17) is 0 Å². The largest absolute Gasteiger partial charge is 0.0773 e. The van der Waals surface area contributed by atoms with Gasteiger partial charge in [-0.1, -0.05) is 22.0 Å². The third kappa shape index (κ3) is 2.12. The fraction of sp³-hybridized carbons (Fsp3) is 0.667. The van der Waals surface area contributed by atoms with E-state index >= 15 is 0 Å². The van der Waals surface area contributed by atoms with Gasteiger partial charge >= 0.3 is 0 Å². The molecular formula is C6H9Br. The van der Waals surface area contributed by atoms with Crippen molar-refractivity contribution in [3.63, 3.8) is 0 Å². The molecule has 1 rings (SSSR count). The lowest BCUT2D eigenvalue weighted by Gasteiger charge is -1.79. The van der Waals surface area contributed by atoms with Crippen molar-refractivity contribution in [1.29, 1.82) is 0 Å². The summed E-state index contributed by atoms with van der Waals surface area (Å²) in [6.45, 7) is 0. The Hall–Kier alpha value is 0.220. The van der Waals surface area contributed by atoms with Crippen LogP contribution in [0.2, 0.25) is 0 Å². The number of halogens is 1. The summed E-state index contributed by atoms with van der Waals surface area (Å²) in [5.74, 6) is 1.04. The van der Waals surface area contributed by atoms with Crippen LogP contribution in [0.15, 0.2) is 11.1 Å². The van der Waals surface area contributed by atoms with Gasteiger partial charge in [-0.2, -0.15) is 0 Å². The molecule has 7 heavy (non-hydrogen) atoms. The molecule has 1 aliphatic carbocycles.